The molecule has 0 amide bonds. The van der Waals surface area contributed by atoms with Crippen LogP contribution in [0.25, 0.3) is 0 Å². The van der Waals surface area contributed by atoms with Crippen molar-refractivity contribution in [2.45, 2.75) is 26.2 Å². The smallest absolute Gasteiger partial charge is 0.343 e. The van der Waals surface area contributed by atoms with E-state index < -0.39 is 35.1 Å². The molecule has 0 aliphatic heterocycles. The molecule has 0 fully saturated rings. The topological polar surface area (TPSA) is 52.6 Å². The van der Waals surface area contributed by atoms with E-state index in [1.165, 1.54) is 30.3 Å². The van der Waals surface area contributed by atoms with Gasteiger partial charge in [0.25, 0.3) is 0 Å². The first-order valence-corrected chi connectivity index (χ1v) is 8.26. The molecule has 0 heterocycles. The number of unbranched alkanes of at least 4 members (excludes halogenated alkanes) is 2. The van der Waals surface area contributed by atoms with E-state index in [-0.39, 0.29) is 11.3 Å². The average Bonchev–Trinajstić information content (AvgIpc) is 2.64. The van der Waals surface area contributed by atoms with Gasteiger partial charge in [0.15, 0.2) is 17.5 Å². The van der Waals surface area contributed by atoms with E-state index in [9.17, 15) is 22.8 Å². The zero-order chi connectivity index (χ0) is 19.8. The van der Waals surface area contributed by atoms with Crippen LogP contribution in [0.2, 0.25) is 0 Å². The highest BCUT2D eigenvalue weighted by molar-refractivity contribution is 5.91. The van der Waals surface area contributed by atoms with Gasteiger partial charge in [0.1, 0.15) is 11.5 Å². The Morgan fingerprint density at radius 3 is 2.19 bits per heavy atom. The molecule has 2 aromatic rings. The van der Waals surface area contributed by atoms with E-state index in [1.807, 2.05) is 6.92 Å². The van der Waals surface area contributed by atoms with E-state index in [0.29, 0.717) is 12.1 Å². The SMILES string of the molecule is CCCC/C=C/C(=O)Oc1ccc(C(=O)Oc2cc(F)c(F)c(F)c2)cc1. The lowest BCUT2D eigenvalue weighted by Gasteiger charge is -2.06. The number of carbonyl (C=O) groups is 2. The normalized spacial score (nSPS) is 10.8. The van der Waals surface area contributed by atoms with Crippen LogP contribution in [0.15, 0.2) is 48.6 Å². The van der Waals surface area contributed by atoms with Crippen molar-refractivity contribution in [2.24, 2.45) is 0 Å². The molecule has 0 aliphatic rings. The lowest BCUT2D eigenvalue weighted by atomic mass is 10.2. The van der Waals surface area contributed by atoms with Crippen molar-refractivity contribution in [3.05, 3.63) is 71.6 Å². The van der Waals surface area contributed by atoms with Crippen molar-refractivity contribution in [1.29, 1.82) is 0 Å². The third kappa shape index (κ3) is 5.99. The largest absolute Gasteiger partial charge is 0.423 e. The Morgan fingerprint density at radius 1 is 0.963 bits per heavy atom. The molecule has 0 aliphatic carbocycles. The summed E-state index contributed by atoms with van der Waals surface area (Å²) in [6, 6.07) is 6.53. The van der Waals surface area contributed by atoms with Crippen LogP contribution in [0, 0.1) is 17.5 Å². The summed E-state index contributed by atoms with van der Waals surface area (Å²) in [6.45, 7) is 2.04. The fourth-order valence-electron chi connectivity index (χ4n) is 2.07. The van der Waals surface area contributed by atoms with Crippen LogP contribution in [-0.4, -0.2) is 11.9 Å². The van der Waals surface area contributed by atoms with Crippen molar-refractivity contribution >= 4 is 11.9 Å². The number of esters is 2. The third-order valence-electron chi connectivity index (χ3n) is 3.45. The molecule has 0 unspecified atom stereocenters. The van der Waals surface area contributed by atoms with E-state index in [0.717, 1.165) is 19.3 Å². The van der Waals surface area contributed by atoms with Crippen molar-refractivity contribution in [3.63, 3.8) is 0 Å². The summed E-state index contributed by atoms with van der Waals surface area (Å²) in [5, 5.41) is 0. The second-order valence-electron chi connectivity index (χ2n) is 5.58. The van der Waals surface area contributed by atoms with Crippen LogP contribution in [0.4, 0.5) is 13.2 Å². The minimum atomic E-state index is -1.65. The summed E-state index contributed by atoms with van der Waals surface area (Å²) >= 11 is 0. The summed E-state index contributed by atoms with van der Waals surface area (Å²) in [4.78, 5) is 23.6. The van der Waals surface area contributed by atoms with Crippen molar-refractivity contribution in [1.82, 2.24) is 0 Å². The summed E-state index contributed by atoms with van der Waals surface area (Å²) < 4.78 is 49.1. The Morgan fingerprint density at radius 2 is 1.59 bits per heavy atom. The Kier molecular flexibility index (Phi) is 7.16. The lowest BCUT2D eigenvalue weighted by molar-refractivity contribution is -0.129. The molecule has 0 atom stereocenters. The number of rotatable bonds is 7. The van der Waals surface area contributed by atoms with Gasteiger partial charge in [0, 0.05) is 18.2 Å². The van der Waals surface area contributed by atoms with Gasteiger partial charge in [0.05, 0.1) is 5.56 Å². The Balaban J connectivity index is 1.97. The standard InChI is InChI=1S/C20H17F3O4/c1-2-3-4-5-6-18(24)26-14-9-7-13(8-10-14)20(25)27-15-11-16(21)19(23)17(22)12-15/h5-12H,2-4H2,1H3/b6-5+. The minimum absolute atomic E-state index is 0.0541. The van der Waals surface area contributed by atoms with Gasteiger partial charge in [-0.25, -0.2) is 22.8 Å². The summed E-state index contributed by atoms with van der Waals surface area (Å²) in [6.07, 6.45) is 5.82. The number of benzene rings is 2. The molecule has 0 saturated heterocycles. The second kappa shape index (κ2) is 9.56. The van der Waals surface area contributed by atoms with E-state index in [2.05, 4.69) is 0 Å². The van der Waals surface area contributed by atoms with Crippen LogP contribution >= 0.6 is 0 Å². The van der Waals surface area contributed by atoms with E-state index in [1.54, 1.807) is 6.08 Å². The van der Waals surface area contributed by atoms with E-state index in [4.69, 9.17) is 9.47 Å². The van der Waals surface area contributed by atoms with Gasteiger partial charge < -0.3 is 9.47 Å². The highest BCUT2D eigenvalue weighted by Gasteiger charge is 2.15. The van der Waals surface area contributed by atoms with Crippen molar-refractivity contribution < 1.29 is 32.2 Å². The van der Waals surface area contributed by atoms with Crippen LogP contribution in [0.3, 0.4) is 0 Å². The zero-order valence-corrected chi connectivity index (χ0v) is 14.5. The molecular formula is C20H17F3O4. The van der Waals surface area contributed by atoms with Gasteiger partial charge in [-0.05, 0) is 30.7 Å². The fraction of sp³-hybridized carbons (Fsp3) is 0.200. The Labute approximate surface area is 154 Å². The third-order valence-corrected chi connectivity index (χ3v) is 3.45. The molecule has 0 N–H and O–H groups in total. The maximum atomic E-state index is 13.1. The molecule has 2 rings (SSSR count). The molecule has 142 valence electrons. The molecule has 4 nitrogen and oxygen atoms in total. The molecule has 27 heavy (non-hydrogen) atoms. The van der Waals surface area contributed by atoms with Crippen LogP contribution < -0.4 is 9.47 Å². The quantitative estimate of drug-likeness (QED) is 0.224. The molecule has 7 heteroatoms. The summed E-state index contributed by atoms with van der Waals surface area (Å²) in [5.41, 5.74) is 0.0541. The first kappa shape index (κ1) is 20.2. The molecular weight excluding hydrogens is 361 g/mol. The number of allylic oxidation sites excluding steroid dienone is 1. The van der Waals surface area contributed by atoms with Gasteiger partial charge in [-0.15, -0.1) is 0 Å². The Bertz CT molecular complexity index is 822. The minimum Gasteiger partial charge on any atom is -0.423 e. The molecule has 0 saturated carbocycles. The van der Waals surface area contributed by atoms with Gasteiger partial charge >= 0.3 is 11.9 Å². The van der Waals surface area contributed by atoms with Gasteiger partial charge in [-0.2, -0.15) is 0 Å². The van der Waals surface area contributed by atoms with Crippen molar-refractivity contribution in [3.8, 4) is 11.5 Å². The van der Waals surface area contributed by atoms with Gasteiger partial charge in [0.2, 0.25) is 0 Å². The van der Waals surface area contributed by atoms with Gasteiger partial charge in [-0.1, -0.05) is 25.8 Å². The lowest BCUT2D eigenvalue weighted by Crippen LogP contribution is -2.10. The molecule has 0 bridgehead atoms. The van der Waals surface area contributed by atoms with Crippen LogP contribution in [-0.2, 0) is 4.79 Å². The number of ether oxygens (including phenoxy) is 2. The highest BCUT2D eigenvalue weighted by atomic mass is 19.2. The molecule has 2 aromatic carbocycles. The number of carbonyl (C=O) groups excluding carboxylic acids is 2. The second-order valence-corrected chi connectivity index (χ2v) is 5.58. The molecule has 0 aromatic heterocycles. The summed E-state index contributed by atoms with van der Waals surface area (Å²) in [5.74, 6) is -6.28. The average molecular weight is 378 g/mol. The molecule has 0 radical (unpaired) electrons. The summed E-state index contributed by atoms with van der Waals surface area (Å²) in [7, 11) is 0. The predicted octanol–water partition coefficient (Wildman–Crippen LogP) is 4.97. The van der Waals surface area contributed by atoms with Crippen LogP contribution in [0.1, 0.15) is 36.5 Å². The monoisotopic (exact) mass is 378 g/mol. The Hall–Kier alpha value is -3.09. The zero-order valence-electron chi connectivity index (χ0n) is 14.5. The highest BCUT2D eigenvalue weighted by Crippen LogP contribution is 2.21. The van der Waals surface area contributed by atoms with E-state index >= 15 is 0 Å². The first-order chi connectivity index (χ1) is 12.9. The number of hydrogen-bond acceptors (Lipinski definition) is 4. The van der Waals surface area contributed by atoms with Gasteiger partial charge in [-0.3, -0.25) is 0 Å². The maximum absolute atomic E-state index is 13.1. The predicted molar refractivity (Wildman–Crippen MR) is 92.0 cm³/mol. The fourth-order valence-corrected chi connectivity index (χ4v) is 2.07. The van der Waals surface area contributed by atoms with Crippen molar-refractivity contribution in [2.75, 3.05) is 0 Å². The number of hydrogen-bond donors (Lipinski definition) is 0. The maximum Gasteiger partial charge on any atom is 0.343 e. The molecule has 0 spiro atoms. The number of halogens is 3. The van der Waals surface area contributed by atoms with Crippen LogP contribution in [0.5, 0.6) is 11.5 Å². The first-order valence-electron chi connectivity index (χ1n) is 8.26.